The van der Waals surface area contributed by atoms with Crippen molar-refractivity contribution >= 4 is 11.9 Å². The minimum Gasteiger partial charge on any atom is -0.480 e. The third kappa shape index (κ3) is 3.18. The second-order valence-corrected chi connectivity index (χ2v) is 3.93. The monoisotopic (exact) mass is 263 g/mol. The maximum absolute atomic E-state index is 11.9. The maximum atomic E-state index is 11.9. The highest BCUT2D eigenvalue weighted by molar-refractivity contribution is 5.93. The fourth-order valence-corrected chi connectivity index (χ4v) is 1.62. The molecule has 0 fully saturated rings. The Labute approximate surface area is 108 Å². The number of carbonyl (C=O) groups excluding carboxylic acids is 1. The number of hydrogen-bond donors (Lipinski definition) is 2. The van der Waals surface area contributed by atoms with E-state index in [0.717, 1.165) is 0 Å². The minimum atomic E-state index is -1.00. The van der Waals surface area contributed by atoms with Gasteiger partial charge in [-0.25, -0.2) is 4.98 Å². The minimum absolute atomic E-state index is 0.192. The molecule has 1 amide bonds. The zero-order chi connectivity index (χ0) is 13.8. The molecule has 8 heteroatoms. The number of nitrogens with one attached hydrogen (secondary N) is 1. The number of aromatic nitrogens is 4. The smallest absolute Gasteiger partial charge is 0.323 e. The molecule has 0 aliphatic carbocycles. The number of nitrogens with zero attached hydrogens (tertiary/aromatic N) is 4. The fourth-order valence-electron chi connectivity index (χ4n) is 1.62. The van der Waals surface area contributed by atoms with Gasteiger partial charge < -0.3 is 15.0 Å². The predicted molar refractivity (Wildman–Crippen MR) is 64.2 cm³/mol. The van der Waals surface area contributed by atoms with Crippen LogP contribution >= 0.6 is 0 Å². The molecular weight excluding hydrogens is 250 g/mol. The average Bonchev–Trinajstić information content (AvgIpc) is 2.94. The Morgan fingerprint density at radius 1 is 1.47 bits per heavy atom. The molecule has 2 aromatic rings. The third-order valence-corrected chi connectivity index (χ3v) is 2.42. The SMILES string of the molecule is Cn1cnc(CNC(=O)c2cccn2CC(=O)O)n1. The van der Waals surface area contributed by atoms with E-state index in [1.807, 2.05) is 0 Å². The molecule has 2 rings (SSSR count). The second kappa shape index (κ2) is 5.34. The topological polar surface area (TPSA) is 102 Å². The molecule has 2 N–H and O–H groups in total. The van der Waals surface area contributed by atoms with Crippen molar-refractivity contribution in [2.24, 2.45) is 7.05 Å². The van der Waals surface area contributed by atoms with Crippen LogP contribution in [0.4, 0.5) is 0 Å². The lowest BCUT2D eigenvalue weighted by Crippen LogP contribution is -2.26. The maximum Gasteiger partial charge on any atom is 0.323 e. The quantitative estimate of drug-likeness (QED) is 0.766. The average molecular weight is 263 g/mol. The molecule has 0 aromatic carbocycles. The molecule has 0 radical (unpaired) electrons. The Morgan fingerprint density at radius 3 is 2.89 bits per heavy atom. The summed E-state index contributed by atoms with van der Waals surface area (Å²) in [5, 5.41) is 15.4. The Hall–Kier alpha value is -2.64. The summed E-state index contributed by atoms with van der Waals surface area (Å²) >= 11 is 0. The van der Waals surface area contributed by atoms with E-state index in [9.17, 15) is 9.59 Å². The van der Waals surface area contributed by atoms with Gasteiger partial charge in [0.2, 0.25) is 0 Å². The van der Waals surface area contributed by atoms with Crippen molar-refractivity contribution < 1.29 is 14.7 Å². The van der Waals surface area contributed by atoms with Crippen LogP contribution in [-0.4, -0.2) is 36.3 Å². The normalized spacial score (nSPS) is 10.4. The van der Waals surface area contributed by atoms with E-state index in [1.54, 1.807) is 25.4 Å². The van der Waals surface area contributed by atoms with Gasteiger partial charge in [0.05, 0.1) is 6.54 Å². The number of aryl methyl sites for hydroxylation is 1. The van der Waals surface area contributed by atoms with E-state index in [0.29, 0.717) is 11.5 Å². The van der Waals surface area contributed by atoms with Crippen molar-refractivity contribution in [3.63, 3.8) is 0 Å². The highest BCUT2D eigenvalue weighted by Crippen LogP contribution is 2.02. The van der Waals surface area contributed by atoms with Gasteiger partial charge in [-0.3, -0.25) is 14.3 Å². The second-order valence-electron chi connectivity index (χ2n) is 3.93. The van der Waals surface area contributed by atoms with Crippen LogP contribution in [-0.2, 0) is 24.9 Å². The summed E-state index contributed by atoms with van der Waals surface area (Å²) in [6.45, 7) is -0.0600. The lowest BCUT2D eigenvalue weighted by molar-refractivity contribution is -0.137. The van der Waals surface area contributed by atoms with Gasteiger partial charge >= 0.3 is 5.97 Å². The molecule has 2 aromatic heterocycles. The molecule has 100 valence electrons. The lowest BCUT2D eigenvalue weighted by atomic mass is 10.4. The molecule has 0 bridgehead atoms. The molecule has 0 aliphatic heterocycles. The van der Waals surface area contributed by atoms with Crippen LogP contribution in [0.3, 0.4) is 0 Å². The Bertz CT molecular complexity index is 601. The van der Waals surface area contributed by atoms with E-state index in [1.165, 1.54) is 15.6 Å². The third-order valence-electron chi connectivity index (χ3n) is 2.42. The highest BCUT2D eigenvalue weighted by Gasteiger charge is 2.12. The summed E-state index contributed by atoms with van der Waals surface area (Å²) in [5.41, 5.74) is 0.290. The molecular formula is C11H13N5O3. The van der Waals surface area contributed by atoms with Crippen LogP contribution in [0.15, 0.2) is 24.7 Å². The number of carboxylic acid groups (broad SMARTS) is 1. The van der Waals surface area contributed by atoms with E-state index >= 15 is 0 Å². The fraction of sp³-hybridized carbons (Fsp3) is 0.273. The Kier molecular flexibility index (Phi) is 3.60. The van der Waals surface area contributed by atoms with Crippen molar-refractivity contribution in [2.45, 2.75) is 13.1 Å². The molecule has 8 nitrogen and oxygen atoms in total. The van der Waals surface area contributed by atoms with E-state index < -0.39 is 5.97 Å². The Balaban J connectivity index is 2.00. The van der Waals surface area contributed by atoms with Gasteiger partial charge in [0.15, 0.2) is 5.82 Å². The first-order valence-corrected chi connectivity index (χ1v) is 5.56. The summed E-state index contributed by atoms with van der Waals surface area (Å²) < 4.78 is 2.90. The molecule has 0 atom stereocenters. The first-order valence-electron chi connectivity index (χ1n) is 5.56. The van der Waals surface area contributed by atoms with Crippen LogP contribution in [0.2, 0.25) is 0 Å². The largest absolute Gasteiger partial charge is 0.480 e. The van der Waals surface area contributed by atoms with Crippen LogP contribution < -0.4 is 5.32 Å². The molecule has 0 spiro atoms. The first-order chi connectivity index (χ1) is 9.06. The first kappa shape index (κ1) is 12.8. The van der Waals surface area contributed by atoms with Crippen molar-refractivity contribution in [3.8, 4) is 0 Å². The summed E-state index contributed by atoms with van der Waals surface area (Å²) in [6.07, 6.45) is 3.08. The summed E-state index contributed by atoms with van der Waals surface area (Å²) in [5.74, 6) is -0.873. The Morgan fingerprint density at radius 2 is 2.26 bits per heavy atom. The van der Waals surface area contributed by atoms with Gasteiger partial charge in [-0.2, -0.15) is 5.10 Å². The van der Waals surface area contributed by atoms with E-state index in [2.05, 4.69) is 15.4 Å². The zero-order valence-corrected chi connectivity index (χ0v) is 10.3. The number of rotatable bonds is 5. The summed E-state index contributed by atoms with van der Waals surface area (Å²) in [7, 11) is 1.73. The molecule has 2 heterocycles. The van der Waals surface area contributed by atoms with Gasteiger partial charge in [0, 0.05) is 13.2 Å². The molecule has 0 saturated heterocycles. The summed E-state index contributed by atoms with van der Waals surface area (Å²) in [4.78, 5) is 26.5. The molecule has 19 heavy (non-hydrogen) atoms. The van der Waals surface area contributed by atoms with Gasteiger partial charge in [-0.1, -0.05) is 0 Å². The van der Waals surface area contributed by atoms with Crippen molar-refractivity contribution in [1.29, 1.82) is 0 Å². The summed E-state index contributed by atoms with van der Waals surface area (Å²) in [6, 6.07) is 3.18. The van der Waals surface area contributed by atoms with Gasteiger partial charge in [0.1, 0.15) is 18.6 Å². The zero-order valence-electron chi connectivity index (χ0n) is 10.3. The molecule has 0 unspecified atom stereocenters. The van der Waals surface area contributed by atoms with Crippen LogP contribution in [0.1, 0.15) is 16.3 Å². The number of amides is 1. The molecule has 0 aliphatic rings. The number of aliphatic carboxylic acids is 1. The highest BCUT2D eigenvalue weighted by atomic mass is 16.4. The van der Waals surface area contributed by atoms with Gasteiger partial charge in [0.25, 0.3) is 5.91 Å². The lowest BCUT2D eigenvalue weighted by Gasteiger charge is -2.06. The van der Waals surface area contributed by atoms with Crippen molar-refractivity contribution in [3.05, 3.63) is 36.2 Å². The van der Waals surface area contributed by atoms with Crippen molar-refractivity contribution in [2.75, 3.05) is 0 Å². The van der Waals surface area contributed by atoms with Crippen LogP contribution in [0.5, 0.6) is 0 Å². The van der Waals surface area contributed by atoms with Crippen LogP contribution in [0.25, 0.3) is 0 Å². The number of carbonyl (C=O) groups is 2. The standard InChI is InChI=1S/C11H13N5O3/c1-15-7-13-9(14-15)5-12-11(19)8-3-2-4-16(8)6-10(17)18/h2-4,7H,5-6H2,1H3,(H,12,19)(H,17,18). The van der Waals surface area contributed by atoms with Gasteiger partial charge in [-0.05, 0) is 12.1 Å². The van der Waals surface area contributed by atoms with Gasteiger partial charge in [-0.15, -0.1) is 0 Å². The number of hydrogen-bond acceptors (Lipinski definition) is 4. The van der Waals surface area contributed by atoms with E-state index in [-0.39, 0.29) is 19.0 Å². The predicted octanol–water partition coefficient (Wildman–Crippen LogP) is -0.369. The molecule has 0 saturated carbocycles. The van der Waals surface area contributed by atoms with E-state index in [4.69, 9.17) is 5.11 Å². The van der Waals surface area contributed by atoms with Crippen molar-refractivity contribution in [1.82, 2.24) is 24.6 Å². The van der Waals surface area contributed by atoms with Crippen LogP contribution in [0, 0.1) is 0 Å². The number of carboxylic acids is 1.